The fourth-order valence-corrected chi connectivity index (χ4v) is 17.3. The standard InChI is InChI=1S/C21H20N.C18H12NO.C18H12NS.C17H10NS.C16H18N.3C12H10N.4Ir/c1-21(2,3)19-12-13-22-20(15-19)18-11-7-10-17(14-18)16-8-5-4-6-9-16;2*1-12-8-9-19-16(10-12)13-6-7-18-15(11-13)14-4-2-3-5-17(14)20-18;1-2-7-16-13(5-1)14-11-12(8-9-17(14)19-16)15-6-3-4-10-18-15;1-16(2,3)11-13-9-10-15(17-12-13)14-7-5-4-6-8-14;3*1-10-7-8-12(13-9-10)11-5-3-2-4-6-11;;;;/h4-10,12-15H,1-3H3;2*2-5,7-11H,1H3;1-7,9-11H;4-7,9-10,12H,11H2,1-3H3;3*2-5,7-9H,1H3;;;;/q8*-1;;;;. The predicted molar refractivity (Wildman–Crippen MR) is 572 cm³/mol. The molecule has 0 fully saturated rings. The summed E-state index contributed by atoms with van der Waals surface area (Å²) in [6.45, 7) is 23.6. The molecule has 11 aromatic heterocycles. The van der Waals surface area contributed by atoms with Crippen molar-refractivity contribution in [2.24, 2.45) is 5.41 Å². The van der Waals surface area contributed by atoms with E-state index in [0.29, 0.717) is 5.41 Å². The fourth-order valence-electron chi connectivity index (χ4n) is 15.2. The number of benzene rings is 12. The van der Waals surface area contributed by atoms with Crippen LogP contribution in [-0.2, 0) is 92.3 Å². The predicted octanol–water partition coefficient (Wildman–Crippen LogP) is 33.1. The molecule has 0 amide bonds. The average molecular weight is 2580 g/mol. The minimum Gasteiger partial charge on any atom is -0.500 e. The number of aromatic nitrogens is 8. The molecule has 0 saturated heterocycles. The topological polar surface area (TPSA) is 116 Å². The van der Waals surface area contributed by atoms with Gasteiger partial charge in [-0.1, -0.05) is 233 Å². The zero-order valence-electron chi connectivity index (χ0n) is 80.0. The maximum atomic E-state index is 5.82. The molecule has 0 aliphatic heterocycles. The van der Waals surface area contributed by atoms with E-state index in [4.69, 9.17) is 4.42 Å². The Morgan fingerprint density at radius 3 is 1.07 bits per heavy atom. The van der Waals surface area contributed by atoms with Crippen molar-refractivity contribution in [2.75, 3.05) is 0 Å². The molecule has 15 heteroatoms. The summed E-state index contributed by atoms with van der Waals surface area (Å²) in [6.07, 6.45) is 16.0. The zero-order valence-corrected chi connectivity index (χ0v) is 91.2. The summed E-state index contributed by atoms with van der Waals surface area (Å²) in [4.78, 5) is 35.2. The van der Waals surface area contributed by atoms with Crippen LogP contribution >= 0.6 is 22.7 Å². The maximum absolute atomic E-state index is 5.82. The van der Waals surface area contributed by atoms with Gasteiger partial charge in [-0.15, -0.1) is 250 Å². The van der Waals surface area contributed by atoms with Gasteiger partial charge in [0.15, 0.2) is 0 Å². The van der Waals surface area contributed by atoms with Crippen LogP contribution in [0.25, 0.3) is 163 Å². The number of furan rings is 1. The van der Waals surface area contributed by atoms with E-state index in [1.54, 1.807) is 0 Å². The first-order valence-electron chi connectivity index (χ1n) is 45.6. The third kappa shape index (κ3) is 29.7. The minimum absolute atomic E-state index is 0. The molecule has 11 heterocycles. The average Bonchev–Trinajstić information content (AvgIpc) is 1.64. The molecule has 9 nitrogen and oxygen atoms in total. The molecule has 0 aliphatic carbocycles. The first-order valence-corrected chi connectivity index (χ1v) is 47.3. The summed E-state index contributed by atoms with van der Waals surface area (Å²) in [5, 5.41) is 7.45. The van der Waals surface area contributed by atoms with Crippen molar-refractivity contribution in [3.05, 3.63) is 495 Å². The molecule has 23 aromatic rings. The van der Waals surface area contributed by atoms with Gasteiger partial charge in [0.25, 0.3) is 0 Å². The first-order chi connectivity index (χ1) is 66.7. The van der Waals surface area contributed by atoms with E-state index in [0.717, 1.165) is 118 Å². The molecule has 12 aromatic carbocycles. The van der Waals surface area contributed by atoms with Gasteiger partial charge < -0.3 is 44.3 Å². The monoisotopic (exact) mass is 2580 g/mol. The van der Waals surface area contributed by atoms with E-state index >= 15 is 0 Å². The normalized spacial score (nSPS) is 10.6. The summed E-state index contributed by atoms with van der Waals surface area (Å²) in [5.41, 5.74) is 29.3. The van der Waals surface area contributed by atoms with Crippen LogP contribution in [0.5, 0.6) is 0 Å². The minimum atomic E-state index is 0. The molecule has 4 radical (unpaired) electrons. The fraction of sp³-hybridized carbons (Fsp3) is 0.111. The summed E-state index contributed by atoms with van der Waals surface area (Å²) in [6, 6.07) is 147. The number of thiophene rings is 2. The first kappa shape index (κ1) is 107. The Bertz CT molecular complexity index is 7490. The van der Waals surface area contributed by atoms with Crippen LogP contribution < -0.4 is 0 Å². The van der Waals surface area contributed by atoms with Crippen LogP contribution in [-0.4, -0.2) is 39.9 Å². The van der Waals surface area contributed by atoms with Gasteiger partial charge in [0.05, 0.1) is 5.58 Å². The summed E-state index contributed by atoms with van der Waals surface area (Å²) >= 11 is 3.63. The molecular formula is C126H102Ir4N8OS2-8. The van der Waals surface area contributed by atoms with Gasteiger partial charge in [-0.25, -0.2) is 0 Å². The van der Waals surface area contributed by atoms with E-state index in [1.165, 1.54) is 90.4 Å². The van der Waals surface area contributed by atoms with Crippen molar-refractivity contribution in [3.63, 3.8) is 0 Å². The van der Waals surface area contributed by atoms with Gasteiger partial charge in [0.1, 0.15) is 5.58 Å². The molecule has 0 N–H and O–H groups in total. The second kappa shape index (κ2) is 51.7. The number of fused-ring (bicyclic) bond motifs is 9. The summed E-state index contributed by atoms with van der Waals surface area (Å²) in [5.74, 6) is 0. The molecule has 0 saturated carbocycles. The molecule has 0 spiro atoms. The van der Waals surface area contributed by atoms with Crippen molar-refractivity contribution in [2.45, 2.75) is 88.0 Å². The van der Waals surface area contributed by atoms with Crippen LogP contribution in [0.3, 0.4) is 0 Å². The second-order valence-electron chi connectivity index (χ2n) is 35.4. The Labute approximate surface area is 890 Å². The molecule has 0 atom stereocenters. The smallest absolute Gasteiger partial charge is 0.120 e. The molecule has 0 unspecified atom stereocenters. The van der Waals surface area contributed by atoms with Crippen molar-refractivity contribution < 1.29 is 84.8 Å². The number of nitrogens with zero attached hydrogens (tertiary/aromatic N) is 8. The largest absolute Gasteiger partial charge is 0.500 e. The third-order valence-corrected chi connectivity index (χ3v) is 24.6. The molecule has 23 rings (SSSR count). The van der Waals surface area contributed by atoms with Crippen molar-refractivity contribution in [1.82, 2.24) is 39.9 Å². The van der Waals surface area contributed by atoms with E-state index in [9.17, 15) is 0 Å². The van der Waals surface area contributed by atoms with Crippen LogP contribution in [0, 0.1) is 88.6 Å². The molecule has 0 aliphatic rings. The van der Waals surface area contributed by atoms with E-state index in [-0.39, 0.29) is 85.8 Å². The Morgan fingerprint density at radius 1 is 0.248 bits per heavy atom. The van der Waals surface area contributed by atoms with E-state index in [2.05, 4.69) is 320 Å². The van der Waals surface area contributed by atoms with Gasteiger partial charge in [0, 0.05) is 145 Å². The molecular weight excluding hydrogens is 2470 g/mol. The van der Waals surface area contributed by atoms with Gasteiger partial charge in [0.2, 0.25) is 0 Å². The van der Waals surface area contributed by atoms with Gasteiger partial charge in [-0.3, -0.25) is 0 Å². The Morgan fingerprint density at radius 2 is 0.638 bits per heavy atom. The Hall–Kier alpha value is -13.3. The van der Waals surface area contributed by atoms with Gasteiger partial charge >= 0.3 is 0 Å². The van der Waals surface area contributed by atoms with Crippen LogP contribution in [0.15, 0.2) is 412 Å². The maximum Gasteiger partial charge on any atom is 0.120 e. The number of rotatable bonds is 10. The summed E-state index contributed by atoms with van der Waals surface area (Å²) < 4.78 is 11.0. The van der Waals surface area contributed by atoms with Gasteiger partial charge in [-0.05, 0) is 193 Å². The van der Waals surface area contributed by atoms with Crippen LogP contribution in [0.1, 0.15) is 80.5 Å². The van der Waals surface area contributed by atoms with Crippen molar-refractivity contribution >= 4 is 85.0 Å². The second-order valence-corrected chi connectivity index (χ2v) is 37.6. The molecule has 0 bridgehead atoms. The van der Waals surface area contributed by atoms with Crippen molar-refractivity contribution in [3.8, 4) is 101 Å². The number of pyridine rings is 8. The van der Waals surface area contributed by atoms with Crippen LogP contribution in [0.4, 0.5) is 0 Å². The summed E-state index contributed by atoms with van der Waals surface area (Å²) in [7, 11) is 0. The SMILES string of the molecule is CC(C)(C)Cc1ccc(-c2[c-]cccc2)nc1.CC(C)(C)c1ccnc(-c2[c-]ccc(-c3ccccc3)c2)c1.Cc1ccc(-c2[c-]cccc2)nc1.Cc1ccc(-c2[c-]cccc2)nc1.Cc1ccc(-c2[c-]cccc2)nc1.Cc1ccnc(-c2[c-]cc3oc4ccccc4c3c2)c1.Cc1ccnc(-c2[c-]cc3sc4ccccc4c3c2)c1.[Ir].[Ir].[Ir].[Ir].[c-]1cc2sc3ccccc3c2cc1-c1ccccn1. The number of para-hydroxylation sites is 1. The third-order valence-electron chi connectivity index (χ3n) is 22.3. The quantitative estimate of drug-likeness (QED) is 0.123. The molecule has 708 valence electrons. The van der Waals surface area contributed by atoms with Crippen molar-refractivity contribution in [1.29, 1.82) is 0 Å². The number of hydrogen-bond donors (Lipinski definition) is 0. The number of hydrogen-bond acceptors (Lipinski definition) is 11. The van der Waals surface area contributed by atoms with Crippen LogP contribution in [0.2, 0.25) is 0 Å². The molecule has 141 heavy (non-hydrogen) atoms. The van der Waals surface area contributed by atoms with E-state index in [1.807, 2.05) is 275 Å². The number of aryl methyl sites for hydroxylation is 5. The van der Waals surface area contributed by atoms with Gasteiger partial charge in [-0.2, -0.15) is 22.7 Å². The Kier molecular flexibility index (Phi) is 39.1. The Balaban J connectivity index is 0.000000144. The zero-order chi connectivity index (χ0) is 94.9. The van der Waals surface area contributed by atoms with E-state index < -0.39 is 0 Å².